The Bertz CT molecular complexity index is 1470. The molecule has 0 bridgehead atoms. The number of piperazine rings is 1. The molecule has 1 aliphatic heterocycles. The number of benzene rings is 3. The van der Waals surface area contributed by atoms with Crippen LogP contribution in [-0.4, -0.2) is 64.2 Å². The Labute approximate surface area is 223 Å². The smallest absolute Gasteiger partial charge is 0.316 e. The van der Waals surface area contributed by atoms with E-state index in [1.165, 1.54) is 16.8 Å². The molecule has 1 saturated heterocycles. The third-order valence-corrected chi connectivity index (χ3v) is 6.71. The second-order valence-corrected chi connectivity index (χ2v) is 9.33. The minimum absolute atomic E-state index is 0.0960. The van der Waals surface area contributed by atoms with E-state index in [-0.39, 0.29) is 18.1 Å². The highest BCUT2D eigenvalue weighted by atomic mass is 35.5. The Morgan fingerprint density at radius 1 is 0.974 bits per heavy atom. The first kappa shape index (κ1) is 25.7. The summed E-state index contributed by atoms with van der Waals surface area (Å²) in [4.78, 5) is 17.9. The van der Waals surface area contributed by atoms with Crippen LogP contribution in [0.3, 0.4) is 0 Å². The number of aromatic hydroxyl groups is 1. The van der Waals surface area contributed by atoms with Crippen molar-refractivity contribution in [2.45, 2.75) is 0 Å². The molecule has 2 heterocycles. The molecule has 5 rings (SSSR count). The Hall–Kier alpha value is -3.92. The number of β-amino-alcohol motifs (C(OH)–C–C–N with tert-alkyl or cyclic N) is 1. The molecule has 0 atom stereocenters. The van der Waals surface area contributed by atoms with Crippen LogP contribution in [-0.2, 0) is 0 Å². The van der Waals surface area contributed by atoms with E-state index in [1.54, 1.807) is 54.7 Å². The fourth-order valence-electron chi connectivity index (χ4n) is 4.44. The quantitative estimate of drug-likeness (QED) is 0.364. The highest BCUT2D eigenvalue weighted by Crippen LogP contribution is 2.33. The molecule has 0 amide bonds. The summed E-state index contributed by atoms with van der Waals surface area (Å²) in [6, 6.07) is 17.5. The molecule has 0 unspecified atom stereocenters. The fraction of sp³-hybridized carbons (Fsp3) is 0.214. The molecule has 4 aromatic rings. The van der Waals surface area contributed by atoms with Crippen molar-refractivity contribution < 1.29 is 19.3 Å². The Kier molecular flexibility index (Phi) is 7.59. The first-order chi connectivity index (χ1) is 18.4. The summed E-state index contributed by atoms with van der Waals surface area (Å²) in [6.07, 6.45) is 1.62. The maximum absolute atomic E-state index is 13.7. The largest absolute Gasteiger partial charge is 0.507 e. The minimum atomic E-state index is -0.523. The third kappa shape index (κ3) is 5.50. The zero-order valence-electron chi connectivity index (χ0n) is 20.4. The van der Waals surface area contributed by atoms with Gasteiger partial charge in [-0.1, -0.05) is 23.7 Å². The van der Waals surface area contributed by atoms with Crippen molar-refractivity contribution in [1.82, 2.24) is 14.7 Å². The lowest BCUT2D eigenvalue weighted by molar-refractivity contribution is 0.188. The fourth-order valence-corrected chi connectivity index (χ4v) is 4.57. The van der Waals surface area contributed by atoms with E-state index in [0.717, 1.165) is 19.2 Å². The Morgan fingerprint density at radius 2 is 1.68 bits per heavy atom. The zero-order chi connectivity index (χ0) is 26.6. The second-order valence-electron chi connectivity index (χ2n) is 8.89. The molecule has 10 heteroatoms. The van der Waals surface area contributed by atoms with Crippen LogP contribution in [0, 0.1) is 5.82 Å². The van der Waals surface area contributed by atoms with Crippen molar-refractivity contribution >= 4 is 17.3 Å². The van der Waals surface area contributed by atoms with Gasteiger partial charge in [0.2, 0.25) is 5.75 Å². The first-order valence-electron chi connectivity index (χ1n) is 12.2. The van der Waals surface area contributed by atoms with Crippen LogP contribution >= 0.6 is 11.6 Å². The number of phenolic OH excluding ortho intramolecular Hbond substituents is 1. The number of phenols is 1. The molecule has 1 aromatic heterocycles. The molecule has 2 N–H and O–H groups in total. The van der Waals surface area contributed by atoms with Gasteiger partial charge in [0.25, 0.3) is 0 Å². The highest BCUT2D eigenvalue weighted by Gasteiger charge is 2.24. The summed E-state index contributed by atoms with van der Waals surface area (Å²) in [5.41, 5.74) is 1.84. The molecule has 0 radical (unpaired) electrons. The SMILES string of the molecule is O=c1c(Oc2ccc(-c3ccc(F)cc3O)cc2)c(N2CCN(CCO)CC2)cnn1-c1ccc(Cl)cc1. The zero-order valence-corrected chi connectivity index (χ0v) is 21.2. The Morgan fingerprint density at radius 3 is 2.34 bits per heavy atom. The summed E-state index contributed by atoms with van der Waals surface area (Å²) in [7, 11) is 0. The second kappa shape index (κ2) is 11.2. The van der Waals surface area contributed by atoms with Crippen LogP contribution in [0.2, 0.25) is 5.02 Å². The van der Waals surface area contributed by atoms with E-state index in [2.05, 4.69) is 14.9 Å². The predicted octanol–water partition coefficient (Wildman–Crippen LogP) is 4.30. The van der Waals surface area contributed by atoms with Gasteiger partial charge in [0, 0.05) is 49.4 Å². The van der Waals surface area contributed by atoms with Gasteiger partial charge in [-0.25, -0.2) is 4.39 Å². The van der Waals surface area contributed by atoms with Gasteiger partial charge in [0.05, 0.1) is 18.5 Å². The van der Waals surface area contributed by atoms with Crippen LogP contribution in [0.15, 0.2) is 77.7 Å². The molecule has 196 valence electrons. The third-order valence-electron chi connectivity index (χ3n) is 6.46. The van der Waals surface area contributed by atoms with E-state index in [9.17, 15) is 19.4 Å². The Balaban J connectivity index is 1.49. The van der Waals surface area contributed by atoms with Crippen LogP contribution in [0.25, 0.3) is 16.8 Å². The van der Waals surface area contributed by atoms with E-state index in [0.29, 0.717) is 52.9 Å². The van der Waals surface area contributed by atoms with E-state index >= 15 is 0 Å². The summed E-state index contributed by atoms with van der Waals surface area (Å²) in [5, 5.41) is 24.3. The molecule has 1 aliphatic rings. The van der Waals surface area contributed by atoms with Crippen LogP contribution < -0.4 is 15.2 Å². The van der Waals surface area contributed by atoms with Crippen LogP contribution in [0.5, 0.6) is 17.2 Å². The van der Waals surface area contributed by atoms with Gasteiger partial charge in [-0.05, 0) is 54.1 Å². The van der Waals surface area contributed by atoms with Crippen molar-refractivity contribution in [3.05, 3.63) is 94.1 Å². The van der Waals surface area contributed by atoms with Gasteiger partial charge in [-0.2, -0.15) is 9.78 Å². The number of rotatable bonds is 7. The van der Waals surface area contributed by atoms with Crippen molar-refractivity contribution in [1.29, 1.82) is 0 Å². The number of nitrogens with zero attached hydrogens (tertiary/aromatic N) is 4. The minimum Gasteiger partial charge on any atom is -0.507 e. The summed E-state index contributed by atoms with van der Waals surface area (Å²) >= 11 is 6.02. The average molecular weight is 537 g/mol. The van der Waals surface area contributed by atoms with Crippen molar-refractivity contribution in [3.8, 4) is 34.1 Å². The van der Waals surface area contributed by atoms with Crippen molar-refractivity contribution in [2.75, 3.05) is 44.2 Å². The standard InChI is InChI=1S/C28H26ClFN4O4/c29-20-3-6-22(7-4-20)34-28(37)27(25(18-31-34)33-13-11-32(12-14-33)15-16-35)38-23-8-1-19(2-9-23)24-10-5-21(30)17-26(24)36/h1-10,17-18,35-36H,11-16H2. The number of halogens is 2. The molecule has 8 nitrogen and oxygen atoms in total. The summed E-state index contributed by atoms with van der Waals surface area (Å²) < 4.78 is 20.8. The van der Waals surface area contributed by atoms with Gasteiger partial charge >= 0.3 is 5.56 Å². The van der Waals surface area contributed by atoms with E-state index in [4.69, 9.17) is 16.3 Å². The number of hydrogen-bond acceptors (Lipinski definition) is 7. The van der Waals surface area contributed by atoms with E-state index in [1.807, 2.05) is 0 Å². The predicted molar refractivity (Wildman–Crippen MR) is 144 cm³/mol. The van der Waals surface area contributed by atoms with Gasteiger partial charge in [0.15, 0.2) is 0 Å². The molecule has 1 fully saturated rings. The van der Waals surface area contributed by atoms with Crippen LogP contribution in [0.4, 0.5) is 10.1 Å². The summed E-state index contributed by atoms with van der Waals surface area (Å²) in [5.74, 6) is -0.142. The number of aliphatic hydroxyl groups excluding tert-OH is 1. The lowest BCUT2D eigenvalue weighted by atomic mass is 10.0. The number of hydrogen-bond donors (Lipinski definition) is 2. The highest BCUT2D eigenvalue weighted by molar-refractivity contribution is 6.30. The van der Waals surface area contributed by atoms with Crippen molar-refractivity contribution in [3.63, 3.8) is 0 Å². The number of anilines is 1. The average Bonchev–Trinajstić information content (AvgIpc) is 2.92. The lowest BCUT2D eigenvalue weighted by Crippen LogP contribution is -2.47. The summed E-state index contributed by atoms with van der Waals surface area (Å²) in [6.45, 7) is 3.45. The number of aliphatic hydroxyl groups is 1. The number of aromatic nitrogens is 2. The molecule has 0 aliphatic carbocycles. The molecule has 3 aromatic carbocycles. The molecule has 0 saturated carbocycles. The molecule has 0 spiro atoms. The van der Waals surface area contributed by atoms with Gasteiger partial charge < -0.3 is 19.8 Å². The maximum Gasteiger partial charge on any atom is 0.316 e. The van der Waals surface area contributed by atoms with E-state index < -0.39 is 11.4 Å². The van der Waals surface area contributed by atoms with Gasteiger partial charge in [-0.3, -0.25) is 9.69 Å². The van der Waals surface area contributed by atoms with Gasteiger partial charge in [-0.15, -0.1) is 0 Å². The molecular weight excluding hydrogens is 511 g/mol. The first-order valence-corrected chi connectivity index (χ1v) is 12.5. The molecule has 38 heavy (non-hydrogen) atoms. The van der Waals surface area contributed by atoms with Crippen LogP contribution in [0.1, 0.15) is 0 Å². The monoisotopic (exact) mass is 536 g/mol. The van der Waals surface area contributed by atoms with Crippen molar-refractivity contribution in [2.24, 2.45) is 0 Å². The number of ether oxygens (including phenoxy) is 1. The van der Waals surface area contributed by atoms with Gasteiger partial charge in [0.1, 0.15) is 23.0 Å². The molecular formula is C28H26ClFN4O4. The maximum atomic E-state index is 13.7. The topological polar surface area (TPSA) is 91.1 Å². The lowest BCUT2D eigenvalue weighted by Gasteiger charge is -2.36. The normalized spacial score (nSPS) is 14.0.